The Bertz CT molecular complexity index is 1150. The molecule has 2 aromatic carbocycles. The number of nitrogens with one attached hydrogen (secondary N) is 1. The summed E-state index contributed by atoms with van der Waals surface area (Å²) in [5.41, 5.74) is 2.11. The highest BCUT2D eigenvalue weighted by Crippen LogP contribution is 2.25. The van der Waals surface area contributed by atoms with Crippen LogP contribution in [0.4, 0.5) is 5.69 Å². The number of sulfonamides is 1. The third kappa shape index (κ3) is 8.39. The van der Waals surface area contributed by atoms with Gasteiger partial charge in [-0.1, -0.05) is 69.1 Å². The number of hydrogen-bond acceptors (Lipinski definition) is 4. The van der Waals surface area contributed by atoms with Crippen molar-refractivity contribution in [3.63, 3.8) is 0 Å². The average Bonchev–Trinajstić information content (AvgIpc) is 2.82. The molecule has 1 N–H and O–H groups in total. The van der Waals surface area contributed by atoms with Crippen LogP contribution in [-0.2, 0) is 32.6 Å². The summed E-state index contributed by atoms with van der Waals surface area (Å²) in [6.45, 7) is 7.86. The van der Waals surface area contributed by atoms with E-state index in [1.54, 1.807) is 30.3 Å². The lowest BCUT2D eigenvalue weighted by Gasteiger charge is -2.33. The van der Waals surface area contributed by atoms with Gasteiger partial charge in [-0.3, -0.25) is 13.9 Å². The van der Waals surface area contributed by atoms with E-state index in [0.717, 1.165) is 22.5 Å². The highest BCUT2D eigenvalue weighted by atomic mass is 35.5. The number of carbonyl (C=O) groups is 2. The monoisotopic (exact) mass is 555 g/mol. The normalized spacial score (nSPS) is 12.3. The molecule has 0 aliphatic carbocycles. The second-order valence-corrected chi connectivity index (χ2v) is 11.8. The summed E-state index contributed by atoms with van der Waals surface area (Å²) in [5.74, 6) is -0.562. The van der Waals surface area contributed by atoms with E-state index in [0.29, 0.717) is 34.3 Å². The van der Waals surface area contributed by atoms with E-state index >= 15 is 0 Å². The van der Waals surface area contributed by atoms with Gasteiger partial charge in [0.05, 0.1) is 22.0 Å². The highest BCUT2D eigenvalue weighted by molar-refractivity contribution is 7.92. The maximum atomic E-state index is 13.7. The van der Waals surface area contributed by atoms with E-state index < -0.39 is 28.5 Å². The molecule has 0 radical (unpaired) electrons. The molecule has 2 aromatic rings. The first kappa shape index (κ1) is 29.9. The molecular weight excluding hydrogens is 521 g/mol. The number of halogens is 2. The molecule has 2 amide bonds. The number of nitrogens with zero attached hydrogens (tertiary/aromatic N) is 2. The summed E-state index contributed by atoms with van der Waals surface area (Å²) < 4.78 is 26.4. The summed E-state index contributed by atoms with van der Waals surface area (Å²) in [5, 5.41) is 3.59. The molecule has 0 aliphatic rings. The molecule has 198 valence electrons. The number of carbonyl (C=O) groups excluding carboxylic acids is 2. The van der Waals surface area contributed by atoms with Crippen molar-refractivity contribution in [2.24, 2.45) is 5.92 Å². The molecular formula is C26H35Cl2N3O4S. The van der Waals surface area contributed by atoms with Gasteiger partial charge >= 0.3 is 0 Å². The van der Waals surface area contributed by atoms with Crippen LogP contribution in [0.2, 0.25) is 10.0 Å². The van der Waals surface area contributed by atoms with Gasteiger partial charge in [0.2, 0.25) is 21.8 Å². The maximum Gasteiger partial charge on any atom is 0.244 e. The first-order chi connectivity index (χ1) is 16.9. The fourth-order valence-corrected chi connectivity index (χ4v) is 4.86. The second-order valence-electron chi connectivity index (χ2n) is 9.12. The Kier molecular flexibility index (Phi) is 11.1. The molecule has 1 atom stereocenters. The van der Waals surface area contributed by atoms with Crippen LogP contribution in [0.15, 0.2) is 42.5 Å². The van der Waals surface area contributed by atoms with Crippen molar-refractivity contribution in [3.05, 3.63) is 63.6 Å². The molecule has 0 aliphatic heterocycles. The number of aryl methyl sites for hydroxylation is 1. The predicted molar refractivity (Wildman–Crippen MR) is 147 cm³/mol. The van der Waals surface area contributed by atoms with Crippen LogP contribution in [0.5, 0.6) is 0 Å². The lowest BCUT2D eigenvalue weighted by Crippen LogP contribution is -2.52. The van der Waals surface area contributed by atoms with Gasteiger partial charge in [-0.2, -0.15) is 0 Å². The number of rotatable bonds is 12. The Balaban J connectivity index is 2.43. The summed E-state index contributed by atoms with van der Waals surface area (Å²) in [6.07, 6.45) is 2.21. The molecule has 0 saturated carbocycles. The first-order valence-electron chi connectivity index (χ1n) is 11.9. The van der Waals surface area contributed by atoms with Crippen LogP contribution in [0.25, 0.3) is 0 Å². The zero-order valence-electron chi connectivity index (χ0n) is 21.4. The number of hydrogen-bond donors (Lipinski definition) is 1. The second kappa shape index (κ2) is 13.3. The van der Waals surface area contributed by atoms with Gasteiger partial charge in [0.15, 0.2) is 0 Å². The van der Waals surface area contributed by atoms with Crippen molar-refractivity contribution in [1.82, 2.24) is 10.2 Å². The third-order valence-corrected chi connectivity index (χ3v) is 7.60. The zero-order chi connectivity index (χ0) is 27.0. The molecule has 7 nitrogen and oxygen atoms in total. The quantitative estimate of drug-likeness (QED) is 0.403. The molecule has 0 aromatic heterocycles. The fourth-order valence-electron chi connectivity index (χ4n) is 3.69. The van der Waals surface area contributed by atoms with E-state index in [1.807, 2.05) is 39.8 Å². The van der Waals surface area contributed by atoms with Crippen LogP contribution < -0.4 is 9.62 Å². The van der Waals surface area contributed by atoms with Crippen molar-refractivity contribution in [2.45, 2.75) is 53.1 Å². The van der Waals surface area contributed by atoms with Gasteiger partial charge in [-0.25, -0.2) is 8.42 Å². The topological polar surface area (TPSA) is 86.8 Å². The Morgan fingerprint density at radius 3 is 2.08 bits per heavy atom. The van der Waals surface area contributed by atoms with Crippen molar-refractivity contribution < 1.29 is 18.0 Å². The largest absolute Gasteiger partial charge is 0.354 e. The average molecular weight is 557 g/mol. The SMILES string of the molecule is CCc1ccc(N(CC(=O)N(Cc2ccc(Cl)c(Cl)c2)C(CC)C(=O)NCC(C)C)S(C)(=O)=O)cc1. The van der Waals surface area contributed by atoms with Crippen molar-refractivity contribution in [2.75, 3.05) is 23.7 Å². The third-order valence-electron chi connectivity index (χ3n) is 5.72. The molecule has 0 heterocycles. The molecule has 1 unspecified atom stereocenters. The summed E-state index contributed by atoms with van der Waals surface area (Å²) >= 11 is 12.2. The van der Waals surface area contributed by atoms with Crippen LogP contribution in [0, 0.1) is 5.92 Å². The zero-order valence-corrected chi connectivity index (χ0v) is 23.8. The number of amides is 2. The van der Waals surface area contributed by atoms with Gasteiger partial charge < -0.3 is 10.2 Å². The summed E-state index contributed by atoms with van der Waals surface area (Å²) in [6, 6.07) is 11.2. The molecule has 0 fully saturated rings. The van der Waals surface area contributed by atoms with Gasteiger partial charge in [-0.05, 0) is 54.2 Å². The van der Waals surface area contributed by atoms with Crippen molar-refractivity contribution in [1.29, 1.82) is 0 Å². The number of benzene rings is 2. The lowest BCUT2D eigenvalue weighted by atomic mass is 10.1. The van der Waals surface area contributed by atoms with Gasteiger partial charge in [0, 0.05) is 13.1 Å². The van der Waals surface area contributed by atoms with Crippen molar-refractivity contribution >= 4 is 50.7 Å². The number of anilines is 1. The molecule has 0 saturated heterocycles. The minimum Gasteiger partial charge on any atom is -0.354 e. The van der Waals surface area contributed by atoms with Gasteiger partial charge in [0.1, 0.15) is 12.6 Å². The van der Waals surface area contributed by atoms with Crippen LogP contribution >= 0.6 is 23.2 Å². The molecule has 10 heteroatoms. The molecule has 36 heavy (non-hydrogen) atoms. The maximum absolute atomic E-state index is 13.7. The standard InChI is InChI=1S/C26H35Cl2N3O4S/c1-6-19-8-11-21(12-9-19)31(36(5,34)35)17-25(32)30(16-20-10-13-22(27)23(28)14-20)24(7-2)26(33)29-15-18(3)4/h8-14,18,24H,6-7,15-17H2,1-5H3,(H,29,33). The Labute approximate surface area is 224 Å². The minimum absolute atomic E-state index is 0.0652. The van der Waals surface area contributed by atoms with Crippen LogP contribution in [-0.4, -0.2) is 50.5 Å². The van der Waals surface area contributed by atoms with Crippen LogP contribution in [0.3, 0.4) is 0 Å². The lowest BCUT2D eigenvalue weighted by molar-refractivity contribution is -0.140. The minimum atomic E-state index is -3.78. The van der Waals surface area contributed by atoms with Crippen molar-refractivity contribution in [3.8, 4) is 0 Å². The van der Waals surface area contributed by atoms with E-state index in [4.69, 9.17) is 23.2 Å². The van der Waals surface area contributed by atoms with E-state index in [9.17, 15) is 18.0 Å². The Hall–Kier alpha value is -2.29. The molecule has 0 bridgehead atoms. The van der Waals surface area contributed by atoms with Gasteiger partial charge in [0.25, 0.3) is 0 Å². The first-order valence-corrected chi connectivity index (χ1v) is 14.6. The summed E-state index contributed by atoms with van der Waals surface area (Å²) in [7, 11) is -3.78. The van der Waals surface area contributed by atoms with E-state index in [2.05, 4.69) is 5.32 Å². The fraction of sp³-hybridized carbons (Fsp3) is 0.462. The highest BCUT2D eigenvalue weighted by Gasteiger charge is 2.31. The smallest absolute Gasteiger partial charge is 0.244 e. The van der Waals surface area contributed by atoms with Crippen LogP contribution in [0.1, 0.15) is 45.2 Å². The van der Waals surface area contributed by atoms with E-state index in [-0.39, 0.29) is 18.4 Å². The predicted octanol–water partition coefficient (Wildman–Crippen LogP) is 4.90. The van der Waals surface area contributed by atoms with Gasteiger partial charge in [-0.15, -0.1) is 0 Å². The van der Waals surface area contributed by atoms with E-state index in [1.165, 1.54) is 4.90 Å². The molecule has 2 rings (SSSR count). The summed E-state index contributed by atoms with van der Waals surface area (Å²) in [4.78, 5) is 28.2. The Morgan fingerprint density at radius 1 is 0.972 bits per heavy atom. The molecule has 0 spiro atoms. The Morgan fingerprint density at radius 2 is 1.58 bits per heavy atom.